The third-order valence-corrected chi connectivity index (χ3v) is 1.77. The van der Waals surface area contributed by atoms with Gasteiger partial charge in [-0.15, -0.1) is 0 Å². The van der Waals surface area contributed by atoms with E-state index in [1.807, 2.05) is 0 Å². The molecule has 0 unspecified atom stereocenters. The van der Waals surface area contributed by atoms with E-state index in [-0.39, 0.29) is 6.54 Å². The molecule has 14 heavy (non-hydrogen) atoms. The third-order valence-electron chi connectivity index (χ3n) is 1.77. The van der Waals surface area contributed by atoms with Crippen molar-refractivity contribution in [2.45, 2.75) is 12.6 Å². The molecule has 0 saturated heterocycles. The van der Waals surface area contributed by atoms with Gasteiger partial charge in [-0.3, -0.25) is 9.48 Å². The highest BCUT2D eigenvalue weighted by atomic mass is 16.4. The van der Waals surface area contributed by atoms with Crippen molar-refractivity contribution in [1.29, 1.82) is 0 Å². The molecular formula is C7H13N5O2. The monoisotopic (exact) mass is 199 g/mol. The first-order valence-electron chi connectivity index (χ1n) is 4.13. The molecule has 4 N–H and O–H groups in total. The van der Waals surface area contributed by atoms with Crippen LogP contribution in [0.3, 0.4) is 0 Å². The summed E-state index contributed by atoms with van der Waals surface area (Å²) in [7, 11) is 1.77. The lowest BCUT2D eigenvalue weighted by molar-refractivity contribution is -0.138. The minimum atomic E-state index is -1.02. The van der Waals surface area contributed by atoms with Crippen molar-refractivity contribution in [3.63, 3.8) is 0 Å². The number of nitrogens with two attached hydrogens (primary N) is 1. The first-order chi connectivity index (χ1) is 6.61. The van der Waals surface area contributed by atoms with Gasteiger partial charge >= 0.3 is 5.97 Å². The lowest BCUT2D eigenvalue weighted by Gasteiger charge is -2.07. The van der Waals surface area contributed by atoms with Gasteiger partial charge in [-0.1, -0.05) is 0 Å². The largest absolute Gasteiger partial charge is 0.480 e. The Hall–Kier alpha value is -1.47. The smallest absolute Gasteiger partial charge is 0.321 e. The maximum absolute atomic E-state index is 10.4. The zero-order valence-electron chi connectivity index (χ0n) is 7.84. The lowest BCUT2D eigenvalue weighted by atomic mass is 10.3. The van der Waals surface area contributed by atoms with Gasteiger partial charge in [-0.2, -0.15) is 5.10 Å². The molecular weight excluding hydrogens is 186 g/mol. The fourth-order valence-electron chi connectivity index (χ4n) is 0.907. The second-order valence-corrected chi connectivity index (χ2v) is 2.88. The Kier molecular flexibility index (Phi) is 3.55. The van der Waals surface area contributed by atoms with Crippen molar-refractivity contribution < 1.29 is 9.90 Å². The summed E-state index contributed by atoms with van der Waals surface area (Å²) in [6.45, 7) is 0.666. The molecule has 1 heterocycles. The van der Waals surface area contributed by atoms with Crippen LogP contribution in [0.15, 0.2) is 6.33 Å². The minimum absolute atomic E-state index is 0.211. The van der Waals surface area contributed by atoms with E-state index in [0.29, 0.717) is 6.54 Å². The van der Waals surface area contributed by atoms with Gasteiger partial charge in [-0.05, 0) is 0 Å². The normalized spacial score (nSPS) is 12.7. The van der Waals surface area contributed by atoms with Crippen molar-refractivity contribution in [2.24, 2.45) is 12.8 Å². The molecule has 7 heteroatoms. The molecule has 1 atom stereocenters. The van der Waals surface area contributed by atoms with Crippen molar-refractivity contribution in [1.82, 2.24) is 20.1 Å². The molecule has 0 radical (unpaired) electrons. The molecule has 1 rings (SSSR count). The van der Waals surface area contributed by atoms with E-state index in [1.165, 1.54) is 6.33 Å². The number of aromatic nitrogens is 3. The number of carboxylic acids is 1. The highest BCUT2D eigenvalue weighted by Gasteiger charge is 2.10. The summed E-state index contributed by atoms with van der Waals surface area (Å²) in [4.78, 5) is 14.3. The van der Waals surface area contributed by atoms with Gasteiger partial charge < -0.3 is 16.2 Å². The Morgan fingerprint density at radius 3 is 3.07 bits per heavy atom. The summed E-state index contributed by atoms with van der Waals surface area (Å²) in [5.41, 5.74) is 5.29. The minimum Gasteiger partial charge on any atom is -0.480 e. The molecule has 0 bridgehead atoms. The number of hydrogen-bond acceptors (Lipinski definition) is 5. The van der Waals surface area contributed by atoms with Crippen molar-refractivity contribution in [3.05, 3.63) is 12.2 Å². The van der Waals surface area contributed by atoms with E-state index in [2.05, 4.69) is 15.4 Å². The first kappa shape index (κ1) is 10.6. The molecule has 78 valence electrons. The van der Waals surface area contributed by atoms with Crippen LogP contribution in [-0.4, -0.2) is 38.4 Å². The summed E-state index contributed by atoms with van der Waals surface area (Å²) in [6, 6.07) is -0.886. The van der Waals surface area contributed by atoms with Gasteiger partial charge in [0, 0.05) is 13.6 Å². The van der Waals surface area contributed by atoms with Crippen LogP contribution in [0.25, 0.3) is 0 Å². The van der Waals surface area contributed by atoms with Crippen molar-refractivity contribution >= 4 is 5.97 Å². The van der Waals surface area contributed by atoms with Crippen LogP contribution in [0.2, 0.25) is 0 Å². The number of aliphatic carboxylic acids is 1. The summed E-state index contributed by atoms with van der Waals surface area (Å²) in [5.74, 6) is -0.280. The predicted octanol–water partition coefficient (Wildman–Crippen LogP) is -1.68. The van der Waals surface area contributed by atoms with Gasteiger partial charge in [-0.25, -0.2) is 4.98 Å². The lowest BCUT2D eigenvalue weighted by Crippen LogP contribution is -2.40. The Bertz CT molecular complexity index is 311. The SMILES string of the molecule is Cn1ncnc1CNC[C@H](N)C(=O)O. The van der Waals surface area contributed by atoms with Crippen LogP contribution in [-0.2, 0) is 18.4 Å². The fourth-order valence-corrected chi connectivity index (χ4v) is 0.907. The number of carbonyl (C=O) groups is 1. The molecule has 1 aromatic rings. The van der Waals surface area contributed by atoms with E-state index in [9.17, 15) is 4.79 Å². The van der Waals surface area contributed by atoms with Gasteiger partial charge in [0.2, 0.25) is 0 Å². The van der Waals surface area contributed by atoms with Crippen LogP contribution in [0.5, 0.6) is 0 Å². The van der Waals surface area contributed by atoms with E-state index in [1.54, 1.807) is 11.7 Å². The number of hydrogen-bond donors (Lipinski definition) is 3. The topological polar surface area (TPSA) is 106 Å². The first-order valence-corrected chi connectivity index (χ1v) is 4.13. The number of rotatable bonds is 5. The average Bonchev–Trinajstić information content (AvgIpc) is 2.51. The molecule has 0 spiro atoms. The summed E-state index contributed by atoms with van der Waals surface area (Å²) in [6.07, 6.45) is 1.44. The molecule has 0 aliphatic rings. The molecule has 0 aliphatic carbocycles. The zero-order valence-corrected chi connectivity index (χ0v) is 7.84. The van der Waals surface area contributed by atoms with Crippen LogP contribution in [0, 0.1) is 0 Å². The van der Waals surface area contributed by atoms with E-state index in [0.717, 1.165) is 5.82 Å². The molecule has 1 aromatic heterocycles. The van der Waals surface area contributed by atoms with E-state index >= 15 is 0 Å². The van der Waals surface area contributed by atoms with Crippen LogP contribution >= 0.6 is 0 Å². The zero-order chi connectivity index (χ0) is 10.6. The highest BCUT2D eigenvalue weighted by molar-refractivity contribution is 5.73. The fraction of sp³-hybridized carbons (Fsp3) is 0.571. The van der Waals surface area contributed by atoms with Gasteiger partial charge in [0.1, 0.15) is 18.2 Å². The second-order valence-electron chi connectivity index (χ2n) is 2.88. The quantitative estimate of drug-likeness (QED) is 0.523. The summed E-state index contributed by atoms with van der Waals surface area (Å²) in [5, 5.41) is 15.2. The van der Waals surface area contributed by atoms with Gasteiger partial charge in [0.15, 0.2) is 0 Å². The van der Waals surface area contributed by atoms with Crippen LogP contribution in [0.4, 0.5) is 0 Å². The maximum atomic E-state index is 10.4. The number of carboxylic acid groups (broad SMARTS) is 1. The van der Waals surface area contributed by atoms with Crippen LogP contribution < -0.4 is 11.1 Å². The molecule has 0 fully saturated rings. The molecule has 0 amide bonds. The summed E-state index contributed by atoms with van der Waals surface area (Å²) >= 11 is 0. The Morgan fingerprint density at radius 1 is 1.86 bits per heavy atom. The Labute approximate surface area is 80.9 Å². The van der Waals surface area contributed by atoms with Gasteiger partial charge in [0.25, 0.3) is 0 Å². The molecule has 0 aromatic carbocycles. The second kappa shape index (κ2) is 4.68. The molecule has 0 saturated carbocycles. The molecule has 7 nitrogen and oxygen atoms in total. The predicted molar refractivity (Wildman–Crippen MR) is 48.3 cm³/mol. The van der Waals surface area contributed by atoms with E-state index < -0.39 is 12.0 Å². The highest BCUT2D eigenvalue weighted by Crippen LogP contribution is 1.89. The Morgan fingerprint density at radius 2 is 2.57 bits per heavy atom. The van der Waals surface area contributed by atoms with Crippen molar-refractivity contribution in [3.8, 4) is 0 Å². The van der Waals surface area contributed by atoms with Gasteiger partial charge in [0.05, 0.1) is 6.54 Å². The third kappa shape index (κ3) is 2.79. The van der Waals surface area contributed by atoms with Crippen LogP contribution in [0.1, 0.15) is 5.82 Å². The number of aryl methyl sites for hydroxylation is 1. The average molecular weight is 199 g/mol. The summed E-state index contributed by atoms with van der Waals surface area (Å²) < 4.78 is 1.61. The standard InChI is InChI=1S/C7H13N5O2/c1-12-6(10-4-11-12)3-9-2-5(8)7(13)14/h4-5,9H,2-3,8H2,1H3,(H,13,14)/t5-/m0/s1. The number of nitrogens with one attached hydrogen (secondary N) is 1. The van der Waals surface area contributed by atoms with E-state index in [4.69, 9.17) is 10.8 Å². The van der Waals surface area contributed by atoms with Crippen molar-refractivity contribution in [2.75, 3.05) is 6.54 Å². The number of nitrogens with zero attached hydrogens (tertiary/aromatic N) is 3. The molecule has 0 aliphatic heterocycles. The maximum Gasteiger partial charge on any atom is 0.321 e. The Balaban J connectivity index is 2.29.